The summed E-state index contributed by atoms with van der Waals surface area (Å²) < 4.78 is 28.5. The molecule has 0 aliphatic carbocycles. The molecule has 0 unspecified atom stereocenters. The van der Waals surface area contributed by atoms with E-state index < -0.39 is 16.1 Å². The largest absolute Gasteiger partial charge is 0.369 e. The summed E-state index contributed by atoms with van der Waals surface area (Å²) in [5.74, 6) is 0.353. The minimum atomic E-state index is -3.97. The van der Waals surface area contributed by atoms with Crippen molar-refractivity contribution < 1.29 is 13.2 Å². The van der Waals surface area contributed by atoms with Crippen molar-refractivity contribution in [3.8, 4) is 5.69 Å². The zero-order chi connectivity index (χ0) is 25.2. The first kappa shape index (κ1) is 24.2. The average Bonchev–Trinajstić information content (AvgIpc) is 3.15. The average molecular weight is 494 g/mol. The van der Waals surface area contributed by atoms with E-state index in [1.54, 1.807) is 16.7 Å². The number of nitrogens with two attached hydrogens (primary N) is 2. The number of carbonyl (C=O) groups excluding carboxylic acids is 1. The summed E-state index contributed by atoms with van der Waals surface area (Å²) in [7, 11) is -3.97. The summed E-state index contributed by atoms with van der Waals surface area (Å²) >= 11 is 0. The Morgan fingerprint density at radius 3 is 2.31 bits per heavy atom. The number of aromatic nitrogens is 3. The number of aryl methyl sites for hydroxylation is 2. The molecule has 0 radical (unpaired) electrons. The standard InChI is InChI=1S/C24H27N7O3S/c1-15-13-16(2)28-22-21(15)29-23(26)31(22)19-7-3-17(4-8-19)11-12-27-24(32)30-35(33,34)20-9-5-18(14-25)6-10-20/h3-10,13H,11-12,14,25H2,1-2H3,(H2,26,29)(H2,27,30,32). The van der Waals surface area contributed by atoms with Gasteiger partial charge in [0.25, 0.3) is 10.0 Å². The molecule has 10 nitrogen and oxygen atoms in total. The number of sulfonamides is 1. The van der Waals surface area contributed by atoms with Gasteiger partial charge in [-0.15, -0.1) is 0 Å². The molecule has 0 bridgehead atoms. The van der Waals surface area contributed by atoms with Crippen molar-refractivity contribution in [1.82, 2.24) is 24.6 Å². The van der Waals surface area contributed by atoms with Gasteiger partial charge < -0.3 is 16.8 Å². The molecule has 4 aromatic rings. The number of anilines is 1. The van der Waals surface area contributed by atoms with Crippen LogP contribution in [0.5, 0.6) is 0 Å². The molecule has 0 atom stereocenters. The summed E-state index contributed by atoms with van der Waals surface area (Å²) in [6.45, 7) is 4.46. The van der Waals surface area contributed by atoms with Crippen LogP contribution < -0.4 is 21.5 Å². The van der Waals surface area contributed by atoms with E-state index in [0.29, 0.717) is 24.6 Å². The molecule has 2 heterocycles. The number of carbonyl (C=O) groups is 1. The molecule has 0 saturated carbocycles. The molecule has 0 fully saturated rings. The number of hydrogen-bond acceptors (Lipinski definition) is 7. The van der Waals surface area contributed by atoms with Crippen molar-refractivity contribution in [3.63, 3.8) is 0 Å². The predicted octanol–water partition coefficient (Wildman–Crippen LogP) is 2.31. The lowest BCUT2D eigenvalue weighted by atomic mass is 10.1. The SMILES string of the molecule is Cc1cc(C)c2nc(N)n(-c3ccc(CCNC(=O)NS(=O)(=O)c4ccc(CN)cc4)cc3)c2n1. The lowest BCUT2D eigenvalue weighted by Gasteiger charge is -2.10. The van der Waals surface area contributed by atoms with Crippen molar-refractivity contribution in [2.45, 2.75) is 31.7 Å². The Balaban J connectivity index is 1.37. The Bertz CT molecular complexity index is 1480. The van der Waals surface area contributed by atoms with Crippen LogP contribution in [-0.2, 0) is 23.0 Å². The molecule has 35 heavy (non-hydrogen) atoms. The third-order valence-electron chi connectivity index (χ3n) is 5.55. The predicted molar refractivity (Wildman–Crippen MR) is 135 cm³/mol. The monoisotopic (exact) mass is 493 g/mol. The number of fused-ring (bicyclic) bond motifs is 1. The topological polar surface area (TPSA) is 158 Å². The molecule has 0 aliphatic heterocycles. The maximum absolute atomic E-state index is 12.4. The zero-order valence-electron chi connectivity index (χ0n) is 19.4. The summed E-state index contributed by atoms with van der Waals surface area (Å²) in [6.07, 6.45) is 0.509. The highest BCUT2D eigenvalue weighted by molar-refractivity contribution is 7.90. The second-order valence-electron chi connectivity index (χ2n) is 8.18. The number of pyridine rings is 1. The maximum Gasteiger partial charge on any atom is 0.328 e. The van der Waals surface area contributed by atoms with Crippen molar-refractivity contribution in [1.29, 1.82) is 0 Å². The van der Waals surface area contributed by atoms with Crippen molar-refractivity contribution in [2.75, 3.05) is 12.3 Å². The molecule has 6 N–H and O–H groups in total. The van der Waals surface area contributed by atoms with Crippen LogP contribution in [-0.4, -0.2) is 35.5 Å². The second kappa shape index (κ2) is 9.72. The van der Waals surface area contributed by atoms with E-state index in [9.17, 15) is 13.2 Å². The number of urea groups is 1. The lowest BCUT2D eigenvalue weighted by Crippen LogP contribution is -2.40. The number of nitrogen functional groups attached to an aromatic ring is 1. The van der Waals surface area contributed by atoms with Crippen LogP contribution in [0.4, 0.5) is 10.7 Å². The molecule has 2 amide bonds. The fourth-order valence-corrected chi connectivity index (χ4v) is 4.71. The number of imidazole rings is 1. The van der Waals surface area contributed by atoms with Gasteiger partial charge in [0.15, 0.2) is 5.65 Å². The molecule has 2 aromatic heterocycles. The van der Waals surface area contributed by atoms with Crippen molar-refractivity contribution in [3.05, 3.63) is 77.0 Å². The number of amides is 2. The molecule has 4 rings (SSSR count). The molecular weight excluding hydrogens is 466 g/mol. The number of hydrogen-bond donors (Lipinski definition) is 4. The zero-order valence-corrected chi connectivity index (χ0v) is 20.3. The van der Waals surface area contributed by atoms with Crippen LogP contribution in [0.3, 0.4) is 0 Å². The Labute approximate surface area is 203 Å². The Morgan fingerprint density at radius 1 is 1.00 bits per heavy atom. The highest BCUT2D eigenvalue weighted by atomic mass is 32.2. The minimum absolute atomic E-state index is 0.00776. The van der Waals surface area contributed by atoms with Crippen LogP contribution >= 0.6 is 0 Å². The van der Waals surface area contributed by atoms with Crippen LogP contribution in [0.2, 0.25) is 0 Å². The van der Waals surface area contributed by atoms with E-state index in [4.69, 9.17) is 11.5 Å². The first-order valence-corrected chi connectivity index (χ1v) is 12.5. The quantitative estimate of drug-likeness (QED) is 0.307. The molecule has 0 saturated heterocycles. The number of nitrogens with zero attached hydrogens (tertiary/aromatic N) is 3. The molecule has 182 valence electrons. The fraction of sp³-hybridized carbons (Fsp3) is 0.208. The van der Waals surface area contributed by atoms with Crippen LogP contribution in [0.15, 0.2) is 59.5 Å². The fourth-order valence-electron chi connectivity index (χ4n) is 3.79. The first-order valence-electron chi connectivity index (χ1n) is 11.0. The highest BCUT2D eigenvalue weighted by Crippen LogP contribution is 2.24. The van der Waals surface area contributed by atoms with Crippen molar-refractivity contribution >= 4 is 33.2 Å². The molecule has 0 aliphatic rings. The van der Waals surface area contributed by atoms with Gasteiger partial charge in [0.2, 0.25) is 5.95 Å². The summed E-state index contributed by atoms with van der Waals surface area (Å²) in [6, 6.07) is 14.8. The molecule has 2 aromatic carbocycles. The smallest absolute Gasteiger partial charge is 0.328 e. The van der Waals surface area contributed by atoms with E-state index in [1.807, 2.05) is 48.9 Å². The highest BCUT2D eigenvalue weighted by Gasteiger charge is 2.17. The molecule has 11 heteroatoms. The van der Waals surface area contributed by atoms with Gasteiger partial charge in [-0.2, -0.15) is 0 Å². The summed E-state index contributed by atoms with van der Waals surface area (Å²) in [4.78, 5) is 21.2. The van der Waals surface area contributed by atoms with Gasteiger partial charge in [0.05, 0.1) is 10.6 Å². The first-order chi connectivity index (χ1) is 16.7. The van der Waals surface area contributed by atoms with Gasteiger partial charge in [0, 0.05) is 18.8 Å². The number of benzene rings is 2. The van der Waals surface area contributed by atoms with Crippen molar-refractivity contribution in [2.24, 2.45) is 5.73 Å². The molecular formula is C24H27N7O3S. The number of nitrogens with one attached hydrogen (secondary N) is 2. The summed E-state index contributed by atoms with van der Waals surface area (Å²) in [5.41, 5.74) is 17.6. The Kier molecular flexibility index (Phi) is 6.72. The number of rotatable bonds is 7. The van der Waals surface area contributed by atoms with Gasteiger partial charge in [-0.1, -0.05) is 24.3 Å². The summed E-state index contributed by atoms with van der Waals surface area (Å²) in [5, 5.41) is 2.57. The third kappa shape index (κ3) is 5.26. The van der Waals surface area contributed by atoms with E-state index in [1.165, 1.54) is 12.1 Å². The van der Waals surface area contributed by atoms with Gasteiger partial charge in [-0.3, -0.25) is 4.57 Å². The van der Waals surface area contributed by atoms with E-state index in [2.05, 4.69) is 15.3 Å². The minimum Gasteiger partial charge on any atom is -0.369 e. The van der Waals surface area contributed by atoms with Crippen LogP contribution in [0.25, 0.3) is 16.9 Å². The Morgan fingerprint density at radius 2 is 1.66 bits per heavy atom. The van der Waals surface area contributed by atoms with Crippen LogP contribution in [0, 0.1) is 13.8 Å². The Hall–Kier alpha value is -3.96. The van der Waals surface area contributed by atoms with Gasteiger partial charge >= 0.3 is 6.03 Å². The third-order valence-corrected chi connectivity index (χ3v) is 6.90. The van der Waals surface area contributed by atoms with E-state index >= 15 is 0 Å². The normalized spacial score (nSPS) is 11.5. The van der Waals surface area contributed by atoms with Gasteiger partial charge in [-0.05, 0) is 67.3 Å². The van der Waals surface area contributed by atoms with E-state index in [-0.39, 0.29) is 11.4 Å². The maximum atomic E-state index is 12.4. The molecule has 0 spiro atoms. The van der Waals surface area contributed by atoms with E-state index in [0.717, 1.165) is 33.6 Å². The van der Waals surface area contributed by atoms with Gasteiger partial charge in [0.1, 0.15) is 5.52 Å². The van der Waals surface area contributed by atoms with Gasteiger partial charge in [-0.25, -0.2) is 27.9 Å². The lowest BCUT2D eigenvalue weighted by molar-refractivity contribution is 0.246. The van der Waals surface area contributed by atoms with Crippen LogP contribution in [0.1, 0.15) is 22.4 Å². The second-order valence-corrected chi connectivity index (χ2v) is 9.87.